The molecule has 9 heteroatoms. The Morgan fingerprint density at radius 3 is 2.31 bits per heavy atom. The van der Waals surface area contributed by atoms with Crippen LogP contribution in [0.4, 0.5) is 17.1 Å². The molecule has 0 radical (unpaired) electrons. The van der Waals surface area contributed by atoms with Crippen molar-refractivity contribution in [1.29, 1.82) is 0 Å². The van der Waals surface area contributed by atoms with E-state index in [0.29, 0.717) is 5.69 Å². The van der Waals surface area contributed by atoms with Crippen molar-refractivity contribution >= 4 is 34.8 Å². The zero-order valence-electron chi connectivity index (χ0n) is 18.0. The summed E-state index contributed by atoms with van der Waals surface area (Å²) in [6, 6.07) is 11.4. The summed E-state index contributed by atoms with van der Waals surface area (Å²) in [6.07, 6.45) is 1.47. The highest BCUT2D eigenvalue weighted by Crippen LogP contribution is 2.27. The molecule has 0 aromatic heterocycles. The minimum Gasteiger partial charge on any atom is -0.455 e. The number of benzene rings is 2. The van der Waals surface area contributed by atoms with Gasteiger partial charge in [-0.3, -0.25) is 24.5 Å². The lowest BCUT2D eigenvalue weighted by Crippen LogP contribution is -2.28. The van der Waals surface area contributed by atoms with Gasteiger partial charge >= 0.3 is 5.97 Å². The molecule has 1 N–H and O–H groups in total. The zero-order chi connectivity index (χ0) is 23.3. The molecule has 32 heavy (non-hydrogen) atoms. The standard InChI is InChI=1S/C23H25N3O6/c1-3-15-6-5-7-16(4-2)22(15)24-20(27)14-32-23(29)17-12-21(28)25(13-17)18-8-10-19(11-9-18)26(30)31/h5-11,17H,3-4,12-14H2,1-2H3,(H,24,27)/t17-/m1/s1. The number of carbonyl (C=O) groups excluding carboxylic acids is 3. The Morgan fingerprint density at radius 1 is 1.12 bits per heavy atom. The molecule has 9 nitrogen and oxygen atoms in total. The van der Waals surface area contributed by atoms with E-state index in [1.54, 1.807) is 0 Å². The van der Waals surface area contributed by atoms with Crippen LogP contribution in [-0.4, -0.2) is 35.9 Å². The second kappa shape index (κ2) is 10.0. The first-order valence-corrected chi connectivity index (χ1v) is 10.5. The Labute approximate surface area is 185 Å². The van der Waals surface area contributed by atoms with E-state index in [1.165, 1.54) is 29.2 Å². The number of nitro groups is 1. The summed E-state index contributed by atoms with van der Waals surface area (Å²) in [5, 5.41) is 13.6. The molecular formula is C23H25N3O6. The number of aryl methyl sites for hydroxylation is 2. The number of amides is 2. The molecule has 0 spiro atoms. The van der Waals surface area contributed by atoms with Gasteiger partial charge in [0.2, 0.25) is 5.91 Å². The molecule has 1 heterocycles. The second-order valence-electron chi connectivity index (χ2n) is 7.49. The summed E-state index contributed by atoms with van der Waals surface area (Å²) >= 11 is 0. The van der Waals surface area contributed by atoms with E-state index in [4.69, 9.17) is 4.74 Å². The number of nitrogens with zero attached hydrogens (tertiary/aromatic N) is 2. The van der Waals surface area contributed by atoms with Crippen molar-refractivity contribution in [3.63, 3.8) is 0 Å². The minimum absolute atomic E-state index is 0.0455. The van der Waals surface area contributed by atoms with Crippen LogP contribution in [0.15, 0.2) is 42.5 Å². The molecule has 1 aliphatic rings. The predicted octanol–water partition coefficient (Wildman–Crippen LogP) is 3.25. The third kappa shape index (κ3) is 5.11. The van der Waals surface area contributed by atoms with E-state index >= 15 is 0 Å². The average Bonchev–Trinajstić information content (AvgIpc) is 3.19. The molecule has 2 aromatic carbocycles. The summed E-state index contributed by atoms with van der Waals surface area (Å²) in [6.45, 7) is 3.65. The van der Waals surface area contributed by atoms with Crippen LogP contribution in [0.3, 0.4) is 0 Å². The number of hydrogen-bond donors (Lipinski definition) is 1. The highest BCUT2D eigenvalue weighted by atomic mass is 16.6. The summed E-state index contributed by atoms with van der Waals surface area (Å²) in [5.74, 6) is -2.06. The molecule has 2 amide bonds. The zero-order valence-corrected chi connectivity index (χ0v) is 18.0. The van der Waals surface area contributed by atoms with Crippen LogP contribution in [0.5, 0.6) is 0 Å². The van der Waals surface area contributed by atoms with Gasteiger partial charge in [0.15, 0.2) is 6.61 Å². The number of hydrogen-bond acceptors (Lipinski definition) is 6. The summed E-state index contributed by atoms with van der Waals surface area (Å²) in [7, 11) is 0. The topological polar surface area (TPSA) is 119 Å². The van der Waals surface area contributed by atoms with Gasteiger partial charge in [0.25, 0.3) is 11.6 Å². The fraction of sp³-hybridized carbons (Fsp3) is 0.348. The minimum atomic E-state index is -0.709. The van der Waals surface area contributed by atoms with Gasteiger partial charge in [0.05, 0.1) is 10.8 Å². The van der Waals surface area contributed by atoms with Gasteiger partial charge < -0.3 is 15.0 Å². The largest absolute Gasteiger partial charge is 0.455 e. The summed E-state index contributed by atoms with van der Waals surface area (Å²) < 4.78 is 5.17. The fourth-order valence-corrected chi connectivity index (χ4v) is 3.70. The molecule has 1 aliphatic heterocycles. The van der Waals surface area contributed by atoms with E-state index < -0.39 is 29.3 Å². The van der Waals surface area contributed by atoms with E-state index in [1.807, 2.05) is 32.0 Å². The van der Waals surface area contributed by atoms with Gasteiger partial charge in [0, 0.05) is 36.5 Å². The normalized spacial score (nSPS) is 15.5. The van der Waals surface area contributed by atoms with Gasteiger partial charge in [-0.25, -0.2) is 0 Å². The number of nitro benzene ring substituents is 1. The van der Waals surface area contributed by atoms with Crippen LogP contribution >= 0.6 is 0 Å². The third-order valence-corrected chi connectivity index (χ3v) is 5.44. The van der Waals surface area contributed by atoms with Crippen LogP contribution in [0, 0.1) is 16.0 Å². The number of carbonyl (C=O) groups is 3. The Balaban J connectivity index is 1.57. The average molecular weight is 439 g/mol. The predicted molar refractivity (Wildman–Crippen MR) is 118 cm³/mol. The monoisotopic (exact) mass is 439 g/mol. The van der Waals surface area contributed by atoms with E-state index in [0.717, 1.165) is 29.7 Å². The van der Waals surface area contributed by atoms with Crippen LogP contribution in [-0.2, 0) is 32.0 Å². The number of non-ortho nitro benzene ring substituents is 1. The molecule has 0 aliphatic carbocycles. The molecule has 1 fully saturated rings. The highest BCUT2D eigenvalue weighted by molar-refractivity contribution is 6.00. The lowest BCUT2D eigenvalue weighted by molar-refractivity contribution is -0.384. The Hall–Kier alpha value is -3.75. The van der Waals surface area contributed by atoms with Gasteiger partial charge in [-0.15, -0.1) is 0 Å². The number of rotatable bonds is 8. The van der Waals surface area contributed by atoms with Gasteiger partial charge in [-0.2, -0.15) is 0 Å². The van der Waals surface area contributed by atoms with Crippen LogP contribution in [0.25, 0.3) is 0 Å². The first kappa shape index (κ1) is 22.9. The number of nitrogens with one attached hydrogen (secondary N) is 1. The van der Waals surface area contributed by atoms with Crippen LogP contribution in [0.1, 0.15) is 31.4 Å². The second-order valence-corrected chi connectivity index (χ2v) is 7.49. The molecule has 3 rings (SSSR count). The molecule has 0 saturated carbocycles. The molecule has 168 valence electrons. The van der Waals surface area contributed by atoms with Crippen molar-refractivity contribution in [2.75, 3.05) is 23.4 Å². The molecular weight excluding hydrogens is 414 g/mol. The molecule has 2 aromatic rings. The van der Waals surface area contributed by atoms with Crippen molar-refractivity contribution in [2.45, 2.75) is 33.1 Å². The fourth-order valence-electron chi connectivity index (χ4n) is 3.70. The van der Waals surface area contributed by atoms with E-state index in [-0.39, 0.29) is 24.6 Å². The Morgan fingerprint density at radius 2 is 1.75 bits per heavy atom. The van der Waals surface area contributed by atoms with Crippen molar-refractivity contribution in [3.05, 3.63) is 63.7 Å². The van der Waals surface area contributed by atoms with E-state index in [9.17, 15) is 24.5 Å². The van der Waals surface area contributed by atoms with Crippen molar-refractivity contribution < 1.29 is 24.0 Å². The molecule has 0 unspecified atom stereocenters. The SMILES string of the molecule is CCc1cccc(CC)c1NC(=O)COC(=O)[C@@H]1CC(=O)N(c2ccc([N+](=O)[O-])cc2)C1. The van der Waals surface area contributed by atoms with Gasteiger partial charge in [-0.1, -0.05) is 32.0 Å². The van der Waals surface area contributed by atoms with Gasteiger partial charge in [0.1, 0.15) is 0 Å². The molecule has 1 atom stereocenters. The van der Waals surface area contributed by atoms with Crippen molar-refractivity contribution in [3.8, 4) is 0 Å². The Bertz CT molecular complexity index is 1010. The Kier molecular flexibility index (Phi) is 7.19. The lowest BCUT2D eigenvalue weighted by atomic mass is 10.0. The third-order valence-electron chi connectivity index (χ3n) is 5.44. The maximum Gasteiger partial charge on any atom is 0.311 e. The number of anilines is 2. The molecule has 1 saturated heterocycles. The highest BCUT2D eigenvalue weighted by Gasteiger charge is 2.36. The summed E-state index contributed by atoms with van der Waals surface area (Å²) in [5.41, 5.74) is 3.14. The van der Waals surface area contributed by atoms with Crippen molar-refractivity contribution in [2.24, 2.45) is 5.92 Å². The number of para-hydroxylation sites is 1. The lowest BCUT2D eigenvalue weighted by Gasteiger charge is -2.16. The number of ether oxygens (including phenoxy) is 1. The quantitative estimate of drug-likeness (QED) is 0.383. The van der Waals surface area contributed by atoms with Crippen LogP contribution in [0.2, 0.25) is 0 Å². The molecule has 0 bridgehead atoms. The maximum absolute atomic E-state index is 12.4. The first-order valence-electron chi connectivity index (χ1n) is 10.5. The van der Waals surface area contributed by atoms with Crippen LogP contribution < -0.4 is 10.2 Å². The first-order chi connectivity index (χ1) is 15.3. The van der Waals surface area contributed by atoms with Crippen molar-refractivity contribution in [1.82, 2.24) is 0 Å². The number of esters is 1. The maximum atomic E-state index is 12.4. The smallest absolute Gasteiger partial charge is 0.311 e. The van der Waals surface area contributed by atoms with Gasteiger partial charge in [-0.05, 0) is 36.1 Å². The summed E-state index contributed by atoms with van der Waals surface area (Å²) in [4.78, 5) is 48.8. The van der Waals surface area contributed by atoms with E-state index in [2.05, 4.69) is 5.32 Å².